The van der Waals surface area contributed by atoms with Gasteiger partial charge >= 0.3 is 0 Å². The monoisotopic (exact) mass is 328 g/mol. The number of hydrogen-bond acceptors (Lipinski definition) is 4. The number of carbonyl (C=O) groups excluding carboxylic acids is 1. The minimum absolute atomic E-state index is 0.279. The highest BCUT2D eigenvalue weighted by Crippen LogP contribution is 2.41. The van der Waals surface area contributed by atoms with Gasteiger partial charge in [-0.1, -0.05) is 5.16 Å². The predicted molar refractivity (Wildman–Crippen MR) is 88.5 cm³/mol. The molecule has 24 heavy (non-hydrogen) atoms. The Morgan fingerprint density at radius 2 is 2.00 bits per heavy atom. The molecule has 0 aliphatic carbocycles. The van der Waals surface area contributed by atoms with E-state index in [9.17, 15) is 4.79 Å². The number of rotatable bonds is 4. The van der Waals surface area contributed by atoms with Crippen LogP contribution in [0.5, 0.6) is 0 Å². The normalized spacial score (nSPS) is 26.1. The molecule has 2 fully saturated rings. The van der Waals surface area contributed by atoms with Crippen molar-refractivity contribution in [2.45, 2.75) is 70.5 Å². The van der Waals surface area contributed by atoms with Crippen molar-refractivity contribution in [3.63, 3.8) is 0 Å². The molecule has 0 saturated carbocycles. The molecule has 4 rings (SSSR count). The number of nitrogens with zero attached hydrogens (tertiary/aromatic N) is 4. The first kappa shape index (κ1) is 15.4. The molecule has 6 heteroatoms. The highest BCUT2D eigenvalue weighted by molar-refractivity contribution is 5.77. The predicted octanol–water partition coefficient (Wildman–Crippen LogP) is 2.82. The molecule has 1 amide bonds. The zero-order chi connectivity index (χ0) is 16.7. The third-order valence-corrected chi connectivity index (χ3v) is 5.67. The van der Waals surface area contributed by atoms with Gasteiger partial charge in [-0.2, -0.15) is 5.10 Å². The van der Waals surface area contributed by atoms with Gasteiger partial charge in [0.15, 0.2) is 0 Å². The standard InChI is InChI=1S/C18H24N4O2/c1-12-17(13(2)24-20-12)6-7-18(23)22-14-4-5-15(22)11-16(10-14)21-9-3-8-19-21/h3,8-9,14-16H,4-7,10-11H2,1-2H3. The van der Waals surface area contributed by atoms with Crippen molar-refractivity contribution in [2.24, 2.45) is 0 Å². The molecular formula is C18H24N4O2. The third kappa shape index (κ3) is 2.64. The molecule has 0 aromatic carbocycles. The molecule has 0 N–H and O–H groups in total. The lowest BCUT2D eigenvalue weighted by molar-refractivity contribution is -0.136. The Hall–Kier alpha value is -2.11. The van der Waals surface area contributed by atoms with Crippen LogP contribution in [0.4, 0.5) is 0 Å². The number of hydrogen-bond donors (Lipinski definition) is 0. The second-order valence-electron chi connectivity index (χ2n) is 7.10. The van der Waals surface area contributed by atoms with Gasteiger partial charge in [-0.3, -0.25) is 9.48 Å². The largest absolute Gasteiger partial charge is 0.361 e. The molecule has 128 valence electrons. The van der Waals surface area contributed by atoms with Gasteiger partial charge in [-0.25, -0.2) is 0 Å². The fourth-order valence-electron chi connectivity index (χ4n) is 4.49. The van der Waals surface area contributed by atoms with E-state index in [2.05, 4.69) is 19.8 Å². The molecule has 2 atom stereocenters. The topological polar surface area (TPSA) is 64.2 Å². The molecule has 2 aromatic rings. The van der Waals surface area contributed by atoms with E-state index in [1.165, 1.54) is 0 Å². The molecule has 4 heterocycles. The average Bonchev–Trinajstić information content (AvgIpc) is 3.26. The van der Waals surface area contributed by atoms with Crippen LogP contribution in [0.2, 0.25) is 0 Å². The number of carbonyl (C=O) groups is 1. The molecule has 2 saturated heterocycles. The lowest BCUT2D eigenvalue weighted by Crippen LogP contribution is -2.47. The van der Waals surface area contributed by atoms with E-state index in [0.717, 1.165) is 49.1 Å². The van der Waals surface area contributed by atoms with Crippen LogP contribution in [-0.4, -0.2) is 37.8 Å². The first-order valence-corrected chi connectivity index (χ1v) is 8.85. The summed E-state index contributed by atoms with van der Waals surface area (Å²) in [5.74, 6) is 1.11. The van der Waals surface area contributed by atoms with Gasteiger partial charge in [0.2, 0.25) is 5.91 Å². The van der Waals surface area contributed by atoms with Crippen LogP contribution >= 0.6 is 0 Å². The minimum atomic E-state index is 0.279. The molecular weight excluding hydrogens is 304 g/mol. The van der Waals surface area contributed by atoms with Crippen LogP contribution in [0.25, 0.3) is 0 Å². The number of piperidine rings is 1. The molecule has 6 nitrogen and oxygen atoms in total. The van der Waals surface area contributed by atoms with Crippen molar-refractivity contribution in [1.29, 1.82) is 0 Å². The van der Waals surface area contributed by atoms with Crippen molar-refractivity contribution >= 4 is 5.91 Å². The zero-order valence-corrected chi connectivity index (χ0v) is 14.3. The maximum Gasteiger partial charge on any atom is 0.223 e. The maximum absolute atomic E-state index is 12.8. The SMILES string of the molecule is Cc1noc(C)c1CCC(=O)N1C2CCC1CC(n1cccn1)C2. The Labute approximate surface area is 141 Å². The van der Waals surface area contributed by atoms with Crippen LogP contribution in [0.1, 0.15) is 55.2 Å². The van der Waals surface area contributed by atoms with E-state index in [-0.39, 0.29) is 5.91 Å². The van der Waals surface area contributed by atoms with Crippen LogP contribution in [-0.2, 0) is 11.2 Å². The van der Waals surface area contributed by atoms with Gasteiger partial charge < -0.3 is 9.42 Å². The van der Waals surface area contributed by atoms with E-state index in [1.54, 1.807) is 0 Å². The molecule has 2 aromatic heterocycles. The highest BCUT2D eigenvalue weighted by atomic mass is 16.5. The number of aromatic nitrogens is 3. The Kier molecular flexibility index (Phi) is 3.90. The van der Waals surface area contributed by atoms with Gasteiger partial charge in [0.25, 0.3) is 0 Å². The number of amides is 1. The molecule has 2 unspecified atom stereocenters. The van der Waals surface area contributed by atoms with E-state index in [0.29, 0.717) is 24.5 Å². The second kappa shape index (κ2) is 6.07. The summed E-state index contributed by atoms with van der Waals surface area (Å²) < 4.78 is 7.26. The minimum Gasteiger partial charge on any atom is -0.361 e. The van der Waals surface area contributed by atoms with Crippen molar-refractivity contribution in [3.05, 3.63) is 35.5 Å². The summed E-state index contributed by atoms with van der Waals surface area (Å²) in [7, 11) is 0. The van der Waals surface area contributed by atoms with E-state index < -0.39 is 0 Å². The summed E-state index contributed by atoms with van der Waals surface area (Å²) in [6.45, 7) is 3.86. The molecule has 2 aliphatic heterocycles. The lowest BCUT2D eigenvalue weighted by atomic mass is 9.96. The number of aryl methyl sites for hydroxylation is 2. The Morgan fingerprint density at radius 3 is 2.58 bits per heavy atom. The van der Waals surface area contributed by atoms with Crippen LogP contribution in [0.15, 0.2) is 23.0 Å². The number of fused-ring (bicyclic) bond motifs is 2. The van der Waals surface area contributed by atoms with E-state index in [4.69, 9.17) is 4.52 Å². The zero-order valence-electron chi connectivity index (χ0n) is 14.3. The van der Waals surface area contributed by atoms with E-state index in [1.807, 2.05) is 32.3 Å². The Morgan fingerprint density at radius 1 is 1.25 bits per heavy atom. The van der Waals surface area contributed by atoms with Crippen molar-refractivity contribution < 1.29 is 9.32 Å². The van der Waals surface area contributed by atoms with Crippen molar-refractivity contribution in [3.8, 4) is 0 Å². The first-order valence-electron chi connectivity index (χ1n) is 8.85. The Bertz CT molecular complexity index is 688. The summed E-state index contributed by atoms with van der Waals surface area (Å²) in [6.07, 6.45) is 9.44. The van der Waals surface area contributed by atoms with Crippen LogP contribution in [0, 0.1) is 13.8 Å². The molecule has 0 spiro atoms. The lowest BCUT2D eigenvalue weighted by Gasteiger charge is -2.39. The summed E-state index contributed by atoms with van der Waals surface area (Å²) in [6, 6.07) is 3.15. The third-order valence-electron chi connectivity index (χ3n) is 5.67. The van der Waals surface area contributed by atoms with Crippen molar-refractivity contribution in [2.75, 3.05) is 0 Å². The van der Waals surface area contributed by atoms with E-state index >= 15 is 0 Å². The maximum atomic E-state index is 12.8. The summed E-state index contributed by atoms with van der Waals surface area (Å²) in [5, 5.41) is 8.37. The average molecular weight is 328 g/mol. The smallest absolute Gasteiger partial charge is 0.223 e. The van der Waals surface area contributed by atoms with Crippen molar-refractivity contribution in [1.82, 2.24) is 19.8 Å². The molecule has 0 radical (unpaired) electrons. The fourth-order valence-corrected chi connectivity index (χ4v) is 4.49. The fraction of sp³-hybridized carbons (Fsp3) is 0.611. The van der Waals surface area contributed by atoms with Gasteiger partial charge in [0.1, 0.15) is 5.76 Å². The molecule has 2 aliphatic rings. The molecule has 2 bridgehead atoms. The summed E-state index contributed by atoms with van der Waals surface area (Å²) in [5.41, 5.74) is 1.99. The van der Waals surface area contributed by atoms with Gasteiger partial charge in [-0.05, 0) is 52.0 Å². The summed E-state index contributed by atoms with van der Waals surface area (Å²) >= 11 is 0. The van der Waals surface area contributed by atoms with Crippen LogP contribution < -0.4 is 0 Å². The summed E-state index contributed by atoms with van der Waals surface area (Å²) in [4.78, 5) is 15.0. The van der Waals surface area contributed by atoms with Gasteiger partial charge in [-0.15, -0.1) is 0 Å². The van der Waals surface area contributed by atoms with Crippen LogP contribution in [0.3, 0.4) is 0 Å². The van der Waals surface area contributed by atoms with Gasteiger partial charge in [0.05, 0.1) is 11.7 Å². The Balaban J connectivity index is 1.41. The second-order valence-corrected chi connectivity index (χ2v) is 7.10. The first-order chi connectivity index (χ1) is 11.6. The quantitative estimate of drug-likeness (QED) is 0.866. The van der Waals surface area contributed by atoms with Gasteiger partial charge in [0, 0.05) is 36.5 Å². The highest BCUT2D eigenvalue weighted by Gasteiger charge is 2.43.